The Morgan fingerprint density at radius 3 is 1.38 bits per heavy atom. The highest BCUT2D eigenvalue weighted by molar-refractivity contribution is 5.92. The van der Waals surface area contributed by atoms with Crippen LogP contribution in [0.4, 0.5) is 0 Å². The van der Waals surface area contributed by atoms with Crippen LogP contribution in [-0.4, -0.2) is 69.6 Å². The maximum atomic E-state index is 11.9. The summed E-state index contributed by atoms with van der Waals surface area (Å²) < 4.78 is 5.30. The topological polar surface area (TPSA) is 124 Å². The first kappa shape index (κ1) is 19.6. The molecule has 0 aromatic carbocycles. The van der Waals surface area contributed by atoms with Crippen LogP contribution in [0.5, 0.6) is 0 Å². The lowest BCUT2D eigenvalue weighted by atomic mass is 10.0. The summed E-state index contributed by atoms with van der Waals surface area (Å²) in [6, 6.07) is 0. The van der Waals surface area contributed by atoms with Crippen LogP contribution in [0.3, 0.4) is 0 Å². The molecule has 4 unspecified atom stereocenters. The fourth-order valence-corrected chi connectivity index (χ4v) is 1.52. The zero-order valence-electron chi connectivity index (χ0n) is 12.2. The Morgan fingerprint density at radius 1 is 0.905 bits per heavy atom. The smallest absolute Gasteiger partial charge is 0.196 e. The third-order valence-electron chi connectivity index (χ3n) is 2.69. The quantitative estimate of drug-likeness (QED) is 0.371. The molecule has 21 heavy (non-hydrogen) atoms. The van der Waals surface area contributed by atoms with Crippen LogP contribution in [-0.2, 0) is 14.3 Å². The van der Waals surface area contributed by atoms with Gasteiger partial charge in [0.15, 0.2) is 11.6 Å². The Morgan fingerprint density at radius 2 is 1.19 bits per heavy atom. The Labute approximate surface area is 123 Å². The molecule has 120 valence electrons. The predicted molar refractivity (Wildman–Crippen MR) is 74.5 cm³/mol. The first-order valence-corrected chi connectivity index (χ1v) is 6.28. The summed E-state index contributed by atoms with van der Waals surface area (Å²) in [5.74, 6) is -1.72. The number of carbonyl (C=O) groups is 2. The maximum Gasteiger partial charge on any atom is 0.196 e. The molecule has 0 aliphatic carbocycles. The van der Waals surface area contributed by atoms with E-state index in [0.717, 1.165) is 0 Å². The summed E-state index contributed by atoms with van der Waals surface area (Å²) in [7, 11) is 0. The van der Waals surface area contributed by atoms with Gasteiger partial charge >= 0.3 is 0 Å². The normalized spacial score (nSPS) is 16.7. The number of hydrogen-bond donors (Lipinski definition) is 4. The second-order valence-electron chi connectivity index (χ2n) is 4.79. The molecule has 0 bridgehead atoms. The summed E-state index contributed by atoms with van der Waals surface area (Å²) in [4.78, 5) is 23.8. The molecule has 0 saturated heterocycles. The van der Waals surface area contributed by atoms with Crippen LogP contribution in [0.25, 0.3) is 0 Å². The molecule has 0 rings (SSSR count). The van der Waals surface area contributed by atoms with Crippen molar-refractivity contribution in [2.24, 2.45) is 0 Å². The molecule has 0 radical (unpaired) electrons. The van der Waals surface area contributed by atoms with Gasteiger partial charge < -0.3 is 25.2 Å². The van der Waals surface area contributed by atoms with Gasteiger partial charge in [0, 0.05) is 0 Å². The number of rotatable bonds is 10. The number of aliphatic hydroxyl groups is 4. The number of hydrogen-bond acceptors (Lipinski definition) is 7. The van der Waals surface area contributed by atoms with Gasteiger partial charge in [0.25, 0.3) is 0 Å². The van der Waals surface area contributed by atoms with E-state index in [1.165, 1.54) is 13.8 Å². The van der Waals surface area contributed by atoms with Crippen molar-refractivity contribution in [1.82, 2.24) is 0 Å². The van der Waals surface area contributed by atoms with Crippen molar-refractivity contribution in [2.75, 3.05) is 13.2 Å². The van der Waals surface area contributed by atoms with Crippen molar-refractivity contribution >= 4 is 11.6 Å². The number of aliphatic hydroxyl groups excluding tert-OH is 4. The SMILES string of the molecule is C=C(C)C(OC(C(=C)C)C(=O)C(O)CO)C(=O)C(O)CO. The lowest BCUT2D eigenvalue weighted by molar-refractivity contribution is -0.149. The van der Waals surface area contributed by atoms with Crippen molar-refractivity contribution in [2.45, 2.75) is 38.3 Å². The van der Waals surface area contributed by atoms with Crippen LogP contribution in [0, 0.1) is 0 Å². The molecule has 0 amide bonds. The van der Waals surface area contributed by atoms with Gasteiger partial charge in [-0.25, -0.2) is 0 Å². The molecule has 7 heteroatoms. The predicted octanol–water partition coefficient (Wildman–Crippen LogP) is -1.26. The third-order valence-corrected chi connectivity index (χ3v) is 2.69. The van der Waals surface area contributed by atoms with Crippen LogP contribution in [0.1, 0.15) is 13.8 Å². The van der Waals surface area contributed by atoms with Gasteiger partial charge in [-0.2, -0.15) is 0 Å². The molecule has 0 spiro atoms. The van der Waals surface area contributed by atoms with E-state index in [1.54, 1.807) is 0 Å². The van der Waals surface area contributed by atoms with Crippen LogP contribution in [0.2, 0.25) is 0 Å². The Kier molecular flexibility index (Phi) is 8.23. The van der Waals surface area contributed by atoms with Crippen LogP contribution in [0.15, 0.2) is 24.3 Å². The van der Waals surface area contributed by atoms with E-state index in [9.17, 15) is 19.8 Å². The largest absolute Gasteiger partial charge is 0.393 e. The molecule has 0 aliphatic heterocycles. The Balaban J connectivity index is 5.27. The highest BCUT2D eigenvalue weighted by Gasteiger charge is 2.34. The molecule has 4 N–H and O–H groups in total. The second-order valence-corrected chi connectivity index (χ2v) is 4.79. The minimum atomic E-state index is -1.67. The molecule has 0 aliphatic rings. The lowest BCUT2D eigenvalue weighted by Gasteiger charge is -2.26. The molecule has 7 nitrogen and oxygen atoms in total. The summed E-state index contributed by atoms with van der Waals surface area (Å²) in [6.45, 7) is 8.39. The average Bonchev–Trinajstić information content (AvgIpc) is 2.44. The summed E-state index contributed by atoms with van der Waals surface area (Å²) in [6.07, 6.45) is -6.03. The highest BCUT2D eigenvalue weighted by atomic mass is 16.5. The van der Waals surface area contributed by atoms with Crippen molar-refractivity contribution in [3.63, 3.8) is 0 Å². The molecule has 0 saturated carbocycles. The van der Waals surface area contributed by atoms with E-state index in [4.69, 9.17) is 14.9 Å². The van der Waals surface area contributed by atoms with Crippen molar-refractivity contribution in [3.05, 3.63) is 24.3 Å². The monoisotopic (exact) mass is 302 g/mol. The van der Waals surface area contributed by atoms with Gasteiger partial charge in [0.05, 0.1) is 13.2 Å². The van der Waals surface area contributed by atoms with E-state index >= 15 is 0 Å². The summed E-state index contributed by atoms with van der Waals surface area (Å²) in [5, 5.41) is 36.3. The van der Waals surface area contributed by atoms with E-state index in [2.05, 4.69) is 13.2 Å². The molecule has 0 aromatic rings. The summed E-state index contributed by atoms with van der Waals surface area (Å²) in [5.41, 5.74) is 0.426. The first-order valence-electron chi connectivity index (χ1n) is 6.28. The Hall–Kier alpha value is -1.38. The lowest BCUT2D eigenvalue weighted by Crippen LogP contribution is -2.44. The highest BCUT2D eigenvalue weighted by Crippen LogP contribution is 2.17. The molecule has 4 atom stereocenters. The van der Waals surface area contributed by atoms with E-state index in [-0.39, 0.29) is 11.1 Å². The van der Waals surface area contributed by atoms with Gasteiger partial charge in [-0.3, -0.25) is 9.59 Å². The van der Waals surface area contributed by atoms with Gasteiger partial charge in [-0.05, 0) is 25.0 Å². The molecule has 0 heterocycles. The van der Waals surface area contributed by atoms with Crippen LogP contribution >= 0.6 is 0 Å². The standard InChI is InChI=1S/C14H22O7/c1-7(2)13(11(19)9(17)5-15)21-14(8(3)4)12(20)10(18)6-16/h9-10,13-18H,1,3,5-6H2,2,4H3. The van der Waals surface area contributed by atoms with E-state index in [0.29, 0.717) is 0 Å². The minimum absolute atomic E-state index is 0.213. The number of Topliss-reactive ketones (excluding diaryl/α,β-unsaturated/α-hetero) is 2. The fourth-order valence-electron chi connectivity index (χ4n) is 1.52. The molecule has 0 aromatic heterocycles. The molecular weight excluding hydrogens is 280 g/mol. The number of ether oxygens (including phenoxy) is 1. The minimum Gasteiger partial charge on any atom is -0.393 e. The van der Waals surface area contributed by atoms with Gasteiger partial charge in [0.1, 0.15) is 24.4 Å². The van der Waals surface area contributed by atoms with Crippen molar-refractivity contribution in [3.8, 4) is 0 Å². The van der Waals surface area contributed by atoms with Crippen molar-refractivity contribution in [1.29, 1.82) is 0 Å². The zero-order valence-corrected chi connectivity index (χ0v) is 12.2. The molecular formula is C14H22O7. The number of ketones is 2. The van der Waals surface area contributed by atoms with Gasteiger partial charge in [-0.1, -0.05) is 13.2 Å². The summed E-state index contributed by atoms with van der Waals surface area (Å²) >= 11 is 0. The second kappa shape index (κ2) is 8.81. The van der Waals surface area contributed by atoms with Gasteiger partial charge in [0.2, 0.25) is 0 Å². The fraction of sp³-hybridized carbons (Fsp3) is 0.571. The molecule has 0 fully saturated rings. The zero-order chi connectivity index (χ0) is 16.7. The third kappa shape index (κ3) is 5.49. The van der Waals surface area contributed by atoms with E-state index in [1.807, 2.05) is 0 Å². The van der Waals surface area contributed by atoms with E-state index < -0.39 is 49.2 Å². The first-order chi connectivity index (χ1) is 9.67. The van der Waals surface area contributed by atoms with Crippen LogP contribution < -0.4 is 0 Å². The van der Waals surface area contributed by atoms with Crippen molar-refractivity contribution < 1.29 is 34.8 Å². The number of carbonyl (C=O) groups excluding carboxylic acids is 2. The maximum absolute atomic E-state index is 11.9. The Bertz CT molecular complexity index is 378. The van der Waals surface area contributed by atoms with Gasteiger partial charge in [-0.15, -0.1) is 0 Å². The average molecular weight is 302 g/mol.